The first kappa shape index (κ1) is 262. The predicted molar refractivity (Wildman–Crippen MR) is 9.87 cm³/mol. The molecule has 6 nitrogen and oxygen atoms in total. The van der Waals surface area contributed by atoms with E-state index in [1.54, 1.807) is 0 Å². The normalized spacial score (nSPS) is 0. The van der Waals surface area contributed by atoms with Crippen molar-refractivity contribution in [2.45, 2.75) is 0 Å². The Kier molecular flexibility index (Phi) is 5620. The molecule has 0 aromatic rings. The molecule has 2 radical (unpaired) electrons. The minimum absolute atomic E-state index is 0. The van der Waals surface area contributed by atoms with Crippen LogP contribution >= 0.6 is 0 Å². The van der Waals surface area contributed by atoms with Crippen LogP contribution in [-0.2, 0) is 76.3 Å². The molecule has 0 atom stereocenters. The van der Waals surface area contributed by atoms with Gasteiger partial charge >= 0.3 is 48.6 Å². The van der Waals surface area contributed by atoms with E-state index in [1.807, 2.05) is 0 Å². The summed E-state index contributed by atoms with van der Waals surface area (Å²) in [6.45, 7) is 0. The van der Waals surface area contributed by atoms with Gasteiger partial charge in [0.25, 0.3) is 0 Å². The van der Waals surface area contributed by atoms with Gasteiger partial charge in [0.15, 0.2) is 0 Å². The second-order valence-electron chi connectivity index (χ2n) is 0. The summed E-state index contributed by atoms with van der Waals surface area (Å²) in [4.78, 5) is 0. The molecule has 0 aromatic carbocycles. The Bertz CT molecular complexity index is 13.0. The Morgan fingerprint density at radius 2 is 0.444 bits per heavy atom. The van der Waals surface area contributed by atoms with Crippen molar-refractivity contribution in [3.05, 3.63) is 0 Å². The van der Waals surface area contributed by atoms with Gasteiger partial charge in [-0.3, -0.25) is 0 Å². The fraction of sp³-hybridized carbons (Fsp3) is 0. The molecule has 9 heavy (non-hydrogen) atoms. The van der Waals surface area contributed by atoms with Gasteiger partial charge < -0.3 is 32.9 Å². The van der Waals surface area contributed by atoms with E-state index in [4.69, 9.17) is 0 Å². The maximum absolute atomic E-state index is 0. The molecule has 0 saturated carbocycles. The van der Waals surface area contributed by atoms with Crippen molar-refractivity contribution in [1.82, 2.24) is 0 Å². The first-order chi connectivity index (χ1) is 0. The Balaban J connectivity index is 0. The molecule has 0 fully saturated rings. The van der Waals surface area contributed by atoms with Crippen LogP contribution in [0.4, 0.5) is 0 Å². The molecule has 0 spiro atoms. The number of hydrogen-bond donors (Lipinski definition) is 0. The molecule has 0 aromatic heterocycles. The van der Waals surface area contributed by atoms with E-state index < -0.39 is 0 Å². The molecule has 0 aliphatic heterocycles. The predicted octanol–water partition coefficient (Wildman–Crippen LogP) is -1.10. The first-order valence-electron chi connectivity index (χ1n) is 0. The summed E-state index contributed by atoms with van der Waals surface area (Å²) in [6.07, 6.45) is 0. The summed E-state index contributed by atoms with van der Waals surface area (Å²) in [7, 11) is 0. The standard InChI is InChI=1S/Bi.Nb.6O.W/q+3;+5;6*-2;. The summed E-state index contributed by atoms with van der Waals surface area (Å²) in [5.74, 6) is 0. The first-order valence-corrected chi connectivity index (χ1v) is 0. The Morgan fingerprint density at radius 1 is 0.444 bits per heavy atom. The Morgan fingerprint density at radius 3 is 0.444 bits per heavy atom. The molecule has 0 N–H and O–H groups in total. The third-order valence-corrected chi connectivity index (χ3v) is 0. The molecule has 0 unspecified atom stereocenters. The zero-order chi connectivity index (χ0) is 0. The van der Waals surface area contributed by atoms with E-state index in [2.05, 4.69) is 0 Å². The van der Waals surface area contributed by atoms with E-state index in [-0.39, 0.29) is 103 Å². The summed E-state index contributed by atoms with van der Waals surface area (Å²) in [5, 5.41) is 0. The molecule has 0 heterocycles. The SMILES string of the molecule is [Bi+3].[Nb+5].[O-2].[O-2].[O-2].[O-2].[O-2].[O-2].[W]. The number of rotatable bonds is 0. The molecule has 0 aliphatic rings. The molecule has 56 valence electrons. The molecule has 0 aliphatic carbocycles. The van der Waals surface area contributed by atoms with Gasteiger partial charge in [-0.1, -0.05) is 0 Å². The van der Waals surface area contributed by atoms with Gasteiger partial charge in [-0.05, 0) is 0 Å². The van der Waals surface area contributed by atoms with Crippen LogP contribution in [0.15, 0.2) is 0 Å². The topological polar surface area (TPSA) is 171 Å². The minimum atomic E-state index is 0. The van der Waals surface area contributed by atoms with Crippen LogP contribution in [0.5, 0.6) is 0 Å². The van der Waals surface area contributed by atoms with Crippen LogP contribution in [0.1, 0.15) is 0 Å². The zero-order valence-corrected chi connectivity index (χ0v) is 12.4. The second kappa shape index (κ2) is 193. The summed E-state index contributed by atoms with van der Waals surface area (Å²) < 4.78 is 0. The third-order valence-electron chi connectivity index (χ3n) is 0. The van der Waals surface area contributed by atoms with Crippen molar-refractivity contribution in [3.63, 3.8) is 0 Å². The summed E-state index contributed by atoms with van der Waals surface area (Å²) >= 11 is 0. The second-order valence-corrected chi connectivity index (χ2v) is 0. The van der Waals surface area contributed by atoms with Crippen molar-refractivity contribution in [1.29, 1.82) is 0 Å². The van der Waals surface area contributed by atoms with Crippen LogP contribution in [0.25, 0.3) is 0 Å². The van der Waals surface area contributed by atoms with Crippen molar-refractivity contribution in [3.8, 4) is 0 Å². The molecular formula is BiNbO6W-4. The van der Waals surface area contributed by atoms with E-state index in [9.17, 15) is 0 Å². The van der Waals surface area contributed by atoms with Crippen LogP contribution in [-0.4, -0.2) is 26.2 Å². The monoisotopic (exact) mass is 582 g/mol. The van der Waals surface area contributed by atoms with Gasteiger partial charge in [-0.25, -0.2) is 0 Å². The average molecular weight is 582 g/mol. The Hall–Kier alpha value is 2.07. The largest absolute Gasteiger partial charge is 5.00 e. The van der Waals surface area contributed by atoms with Crippen molar-refractivity contribution in [2.75, 3.05) is 0 Å². The van der Waals surface area contributed by atoms with Crippen molar-refractivity contribution >= 4 is 26.2 Å². The fourth-order valence-corrected chi connectivity index (χ4v) is 0. The van der Waals surface area contributed by atoms with Crippen molar-refractivity contribution < 1.29 is 76.3 Å². The van der Waals surface area contributed by atoms with E-state index >= 15 is 0 Å². The van der Waals surface area contributed by atoms with Gasteiger partial charge in [0.05, 0.1) is 0 Å². The van der Waals surface area contributed by atoms with E-state index in [0.29, 0.717) is 0 Å². The van der Waals surface area contributed by atoms with Gasteiger partial charge in [-0.15, -0.1) is 0 Å². The maximum Gasteiger partial charge on any atom is 5.00 e. The zero-order valence-electron chi connectivity index (χ0n) is 3.75. The molecule has 0 bridgehead atoms. The molecule has 0 amide bonds. The smallest absolute Gasteiger partial charge is 2.00 e. The van der Waals surface area contributed by atoms with Crippen LogP contribution < -0.4 is 0 Å². The molecule has 0 rings (SSSR count). The van der Waals surface area contributed by atoms with Crippen LogP contribution in [0, 0.1) is 0 Å². The quantitative estimate of drug-likeness (QED) is 0.317. The fourth-order valence-electron chi connectivity index (χ4n) is 0. The van der Waals surface area contributed by atoms with E-state index in [0.717, 1.165) is 0 Å². The summed E-state index contributed by atoms with van der Waals surface area (Å²) in [5.41, 5.74) is 0. The average Bonchev–Trinajstić information content (AvgIpc) is 0. The van der Waals surface area contributed by atoms with Gasteiger partial charge in [0.2, 0.25) is 0 Å². The number of hydrogen-bond acceptors (Lipinski definition) is 0. The van der Waals surface area contributed by atoms with Crippen LogP contribution in [0.3, 0.4) is 0 Å². The van der Waals surface area contributed by atoms with Gasteiger partial charge in [0, 0.05) is 21.1 Å². The summed E-state index contributed by atoms with van der Waals surface area (Å²) in [6, 6.07) is 0. The third kappa shape index (κ3) is 153. The van der Waals surface area contributed by atoms with Gasteiger partial charge in [-0.2, -0.15) is 0 Å². The molecular weight excluding hydrogens is 582 g/mol. The van der Waals surface area contributed by atoms with Crippen molar-refractivity contribution in [2.24, 2.45) is 0 Å². The maximum atomic E-state index is 0. The van der Waals surface area contributed by atoms with Crippen LogP contribution in [0.2, 0.25) is 0 Å². The van der Waals surface area contributed by atoms with Gasteiger partial charge in [0.1, 0.15) is 0 Å². The molecule has 0 saturated heterocycles. The van der Waals surface area contributed by atoms with E-state index in [1.165, 1.54) is 0 Å². The molecule has 9 heteroatoms. The Labute approximate surface area is 102 Å². The minimum Gasteiger partial charge on any atom is -2.00 e.